The molecule has 4 aromatic carbocycles. The fraction of sp³-hybridized carbons (Fsp3) is 0.0667. The van der Waals surface area contributed by atoms with E-state index in [1.807, 2.05) is 0 Å². The predicted octanol–water partition coefficient (Wildman–Crippen LogP) is 7.16. The number of nitrogens with zero attached hydrogens (tertiary/aromatic N) is 2. The number of anilines is 1. The van der Waals surface area contributed by atoms with Gasteiger partial charge >= 0.3 is 6.18 Å². The highest BCUT2D eigenvalue weighted by molar-refractivity contribution is 5.95. The van der Waals surface area contributed by atoms with E-state index in [1.54, 1.807) is 48.5 Å². The molecule has 0 bridgehead atoms. The molecular formula is C30H17F6N3O. The van der Waals surface area contributed by atoms with Crippen LogP contribution in [0.25, 0.3) is 22.2 Å². The Morgan fingerprint density at radius 2 is 1.60 bits per heavy atom. The van der Waals surface area contributed by atoms with Gasteiger partial charge in [-0.2, -0.15) is 18.3 Å². The van der Waals surface area contributed by atoms with E-state index in [1.165, 1.54) is 12.1 Å². The van der Waals surface area contributed by atoms with Gasteiger partial charge in [0, 0.05) is 39.8 Å². The third-order valence-electron chi connectivity index (χ3n) is 6.11. The van der Waals surface area contributed by atoms with E-state index in [4.69, 9.17) is 0 Å². The zero-order chi connectivity index (χ0) is 28.4. The summed E-state index contributed by atoms with van der Waals surface area (Å²) in [5.74, 6) is 2.40. The molecule has 1 aromatic heterocycles. The average molecular weight is 549 g/mol. The Kier molecular flexibility index (Phi) is 7.05. The predicted molar refractivity (Wildman–Crippen MR) is 138 cm³/mol. The van der Waals surface area contributed by atoms with E-state index < -0.39 is 46.8 Å². The SMILES string of the molecule is O=CNc1ccccc1C#Cc1cccc(-c2c3cccc(C(F)(F)F)c3nn2Cc2c(F)cc(F)cc2F)c1. The van der Waals surface area contributed by atoms with Crippen LogP contribution in [-0.2, 0) is 17.5 Å². The first-order valence-electron chi connectivity index (χ1n) is 11.8. The second-order valence-corrected chi connectivity index (χ2v) is 8.69. The van der Waals surface area contributed by atoms with Gasteiger partial charge in [0.25, 0.3) is 0 Å². The standard InChI is InChI=1S/C30H17F6N3O/c31-21-14-25(32)23(26(33)15-21)16-39-29(22-8-4-9-24(28(22)38-39)30(34,35)36)20-7-3-5-18(13-20)11-12-19-6-1-2-10-27(19)37-17-40/h1-10,13-15,17H,16H2,(H,37,40). The molecule has 0 saturated heterocycles. The van der Waals surface area contributed by atoms with Crippen molar-refractivity contribution in [2.24, 2.45) is 0 Å². The van der Waals surface area contributed by atoms with E-state index in [0.29, 0.717) is 40.9 Å². The molecule has 0 aliphatic rings. The molecule has 10 heteroatoms. The molecule has 0 spiro atoms. The number of fused-ring (bicyclic) bond motifs is 1. The van der Waals surface area contributed by atoms with Crippen molar-refractivity contribution < 1.29 is 31.1 Å². The Hall–Kier alpha value is -5.04. The smallest absolute Gasteiger partial charge is 0.328 e. The van der Waals surface area contributed by atoms with Crippen LogP contribution in [0.1, 0.15) is 22.3 Å². The van der Waals surface area contributed by atoms with Crippen molar-refractivity contribution in [2.75, 3.05) is 5.32 Å². The van der Waals surface area contributed by atoms with Crippen LogP contribution in [0, 0.1) is 29.3 Å². The average Bonchev–Trinajstić information content (AvgIpc) is 3.28. The highest BCUT2D eigenvalue weighted by atomic mass is 19.4. The highest BCUT2D eigenvalue weighted by Crippen LogP contribution is 2.38. The summed E-state index contributed by atoms with van der Waals surface area (Å²) < 4.78 is 85.1. The number of carbonyl (C=O) groups is 1. The fourth-order valence-electron chi connectivity index (χ4n) is 4.34. The van der Waals surface area contributed by atoms with Gasteiger partial charge in [0.1, 0.15) is 23.0 Å². The molecular weight excluding hydrogens is 532 g/mol. The maximum absolute atomic E-state index is 14.5. The van der Waals surface area contributed by atoms with Gasteiger partial charge in [-0.3, -0.25) is 9.48 Å². The molecule has 0 atom stereocenters. The number of hydrogen-bond donors (Lipinski definition) is 1. The summed E-state index contributed by atoms with van der Waals surface area (Å²) in [6, 6.07) is 17.9. The first-order chi connectivity index (χ1) is 19.2. The van der Waals surface area contributed by atoms with Crippen LogP contribution in [0.15, 0.2) is 78.9 Å². The number of nitrogens with one attached hydrogen (secondary N) is 1. The lowest BCUT2D eigenvalue weighted by molar-refractivity contribution is -0.136. The number of para-hydroxylation sites is 1. The van der Waals surface area contributed by atoms with Crippen LogP contribution < -0.4 is 5.32 Å². The maximum atomic E-state index is 14.5. The summed E-state index contributed by atoms with van der Waals surface area (Å²) >= 11 is 0. The van der Waals surface area contributed by atoms with Crippen LogP contribution in [0.5, 0.6) is 0 Å². The molecule has 1 amide bonds. The van der Waals surface area contributed by atoms with Gasteiger partial charge in [0.05, 0.1) is 23.5 Å². The van der Waals surface area contributed by atoms with E-state index >= 15 is 0 Å². The lowest BCUT2D eigenvalue weighted by Gasteiger charge is -2.11. The van der Waals surface area contributed by atoms with Gasteiger partial charge in [0.2, 0.25) is 6.41 Å². The Balaban J connectivity index is 1.67. The summed E-state index contributed by atoms with van der Waals surface area (Å²) in [4.78, 5) is 10.9. The largest absolute Gasteiger partial charge is 0.418 e. The number of benzene rings is 4. The number of halogens is 6. The number of hydrogen-bond acceptors (Lipinski definition) is 2. The Bertz CT molecular complexity index is 1790. The molecule has 0 saturated carbocycles. The molecule has 0 unspecified atom stereocenters. The van der Waals surface area contributed by atoms with Crippen LogP contribution in [0.4, 0.5) is 32.0 Å². The zero-order valence-electron chi connectivity index (χ0n) is 20.4. The third kappa shape index (κ3) is 5.27. The molecule has 0 fully saturated rings. The van der Waals surface area contributed by atoms with Crippen LogP contribution in [0.2, 0.25) is 0 Å². The van der Waals surface area contributed by atoms with Crippen LogP contribution >= 0.6 is 0 Å². The molecule has 1 N–H and O–H groups in total. The van der Waals surface area contributed by atoms with Gasteiger partial charge < -0.3 is 5.32 Å². The highest BCUT2D eigenvalue weighted by Gasteiger charge is 2.34. The van der Waals surface area contributed by atoms with Gasteiger partial charge in [-0.25, -0.2) is 13.2 Å². The van der Waals surface area contributed by atoms with Crippen molar-refractivity contribution in [3.63, 3.8) is 0 Å². The normalized spacial score (nSPS) is 11.2. The summed E-state index contributed by atoms with van der Waals surface area (Å²) in [5, 5.41) is 6.76. The molecule has 5 rings (SSSR count). The maximum Gasteiger partial charge on any atom is 0.418 e. The van der Waals surface area contributed by atoms with Crippen LogP contribution in [0.3, 0.4) is 0 Å². The Labute approximate surface area is 223 Å². The van der Waals surface area contributed by atoms with Gasteiger partial charge in [0.15, 0.2) is 0 Å². The van der Waals surface area contributed by atoms with Crippen molar-refractivity contribution in [1.82, 2.24) is 9.78 Å². The minimum atomic E-state index is -4.74. The monoisotopic (exact) mass is 549 g/mol. The zero-order valence-corrected chi connectivity index (χ0v) is 20.4. The lowest BCUT2D eigenvalue weighted by Crippen LogP contribution is -2.09. The van der Waals surface area contributed by atoms with Crippen LogP contribution in [-0.4, -0.2) is 16.2 Å². The summed E-state index contributed by atoms with van der Waals surface area (Å²) in [6.07, 6.45) is -4.21. The number of amides is 1. The van der Waals surface area contributed by atoms with E-state index in [-0.39, 0.29) is 11.1 Å². The minimum absolute atomic E-state index is 0.100. The molecule has 40 heavy (non-hydrogen) atoms. The molecule has 0 radical (unpaired) electrons. The molecule has 1 heterocycles. The van der Waals surface area contributed by atoms with Crippen molar-refractivity contribution in [1.29, 1.82) is 0 Å². The molecule has 0 aliphatic carbocycles. The quantitative estimate of drug-likeness (QED) is 0.144. The van der Waals surface area contributed by atoms with Crippen molar-refractivity contribution in [3.05, 3.63) is 119 Å². The number of alkyl halides is 3. The molecule has 4 nitrogen and oxygen atoms in total. The van der Waals surface area contributed by atoms with E-state index in [9.17, 15) is 31.1 Å². The second-order valence-electron chi connectivity index (χ2n) is 8.69. The van der Waals surface area contributed by atoms with Gasteiger partial charge in [-0.15, -0.1) is 0 Å². The minimum Gasteiger partial charge on any atom is -0.328 e. The molecule has 0 aliphatic heterocycles. The van der Waals surface area contributed by atoms with Gasteiger partial charge in [-0.1, -0.05) is 48.2 Å². The first kappa shape index (κ1) is 26.6. The topological polar surface area (TPSA) is 46.9 Å². The van der Waals surface area contributed by atoms with Crippen molar-refractivity contribution in [2.45, 2.75) is 12.7 Å². The number of rotatable bonds is 5. The van der Waals surface area contributed by atoms with E-state index in [2.05, 4.69) is 22.3 Å². The number of aromatic nitrogens is 2. The fourth-order valence-corrected chi connectivity index (χ4v) is 4.34. The summed E-state index contributed by atoms with van der Waals surface area (Å²) in [7, 11) is 0. The van der Waals surface area contributed by atoms with Crippen molar-refractivity contribution in [3.8, 4) is 23.1 Å². The van der Waals surface area contributed by atoms with E-state index in [0.717, 1.165) is 10.7 Å². The Morgan fingerprint density at radius 3 is 2.33 bits per heavy atom. The second kappa shape index (κ2) is 10.6. The van der Waals surface area contributed by atoms with Crippen molar-refractivity contribution >= 4 is 23.0 Å². The van der Waals surface area contributed by atoms with Gasteiger partial charge in [-0.05, 0) is 30.3 Å². The molecule has 5 aromatic rings. The number of carbonyl (C=O) groups excluding carboxylic acids is 1. The first-order valence-corrected chi connectivity index (χ1v) is 11.8. The summed E-state index contributed by atoms with van der Waals surface area (Å²) in [6.45, 7) is -0.597. The molecule has 200 valence electrons. The summed E-state index contributed by atoms with van der Waals surface area (Å²) in [5.41, 5.74) is 0.0795. The Morgan fingerprint density at radius 1 is 0.875 bits per heavy atom. The lowest BCUT2D eigenvalue weighted by atomic mass is 10.0. The third-order valence-corrected chi connectivity index (χ3v) is 6.11.